The summed E-state index contributed by atoms with van der Waals surface area (Å²) in [6.07, 6.45) is 1.49. The van der Waals surface area contributed by atoms with Crippen molar-refractivity contribution in [3.8, 4) is 5.75 Å². The van der Waals surface area contributed by atoms with Gasteiger partial charge in [-0.3, -0.25) is 14.5 Å². The molecular formula is C20H25N3O4. The lowest BCUT2D eigenvalue weighted by molar-refractivity contribution is -0.133. The van der Waals surface area contributed by atoms with Crippen LogP contribution in [0.2, 0.25) is 0 Å². The molecule has 0 saturated carbocycles. The Morgan fingerprint density at radius 3 is 2.33 bits per heavy atom. The van der Waals surface area contributed by atoms with E-state index < -0.39 is 0 Å². The number of hydrogen-bond acceptors (Lipinski definition) is 5. The Morgan fingerprint density at radius 1 is 1.07 bits per heavy atom. The molecule has 1 aromatic heterocycles. The molecule has 7 nitrogen and oxygen atoms in total. The van der Waals surface area contributed by atoms with Crippen molar-refractivity contribution in [3.05, 3.63) is 54.0 Å². The van der Waals surface area contributed by atoms with Crippen LogP contribution in [0.15, 0.2) is 47.1 Å². The molecule has 0 bridgehead atoms. The predicted octanol–water partition coefficient (Wildman–Crippen LogP) is 1.70. The molecule has 1 saturated heterocycles. The van der Waals surface area contributed by atoms with Gasteiger partial charge in [0.05, 0.1) is 19.9 Å². The van der Waals surface area contributed by atoms with E-state index in [4.69, 9.17) is 9.15 Å². The van der Waals surface area contributed by atoms with Crippen LogP contribution in [0, 0.1) is 0 Å². The summed E-state index contributed by atoms with van der Waals surface area (Å²) >= 11 is 0. The Hall–Kier alpha value is -2.80. The van der Waals surface area contributed by atoms with Crippen LogP contribution in [-0.4, -0.2) is 73.4 Å². The molecular weight excluding hydrogens is 346 g/mol. The summed E-state index contributed by atoms with van der Waals surface area (Å²) < 4.78 is 10.3. The molecule has 0 spiro atoms. The monoisotopic (exact) mass is 371 g/mol. The zero-order valence-corrected chi connectivity index (χ0v) is 15.8. The number of amides is 2. The number of nitrogens with zero attached hydrogens (tertiary/aromatic N) is 3. The largest absolute Gasteiger partial charge is 0.497 e. The van der Waals surface area contributed by atoms with Gasteiger partial charge in [-0.15, -0.1) is 0 Å². The number of piperazine rings is 1. The fourth-order valence-corrected chi connectivity index (χ4v) is 3.14. The van der Waals surface area contributed by atoms with E-state index in [0.717, 1.165) is 11.3 Å². The van der Waals surface area contributed by atoms with Gasteiger partial charge in [0.15, 0.2) is 5.76 Å². The lowest BCUT2D eigenvalue weighted by Crippen LogP contribution is -2.52. The van der Waals surface area contributed by atoms with Gasteiger partial charge >= 0.3 is 0 Å². The fourth-order valence-electron chi connectivity index (χ4n) is 3.14. The van der Waals surface area contributed by atoms with Gasteiger partial charge in [0.25, 0.3) is 5.91 Å². The zero-order valence-electron chi connectivity index (χ0n) is 15.8. The average Bonchev–Trinajstić information content (AvgIpc) is 3.23. The number of likely N-dealkylation sites (N-methyl/N-ethyl adjacent to an activating group) is 1. The van der Waals surface area contributed by atoms with Gasteiger partial charge in [0, 0.05) is 32.7 Å². The topological polar surface area (TPSA) is 66.2 Å². The van der Waals surface area contributed by atoms with Crippen LogP contribution < -0.4 is 4.74 Å². The van der Waals surface area contributed by atoms with E-state index in [1.165, 1.54) is 6.26 Å². The van der Waals surface area contributed by atoms with Crippen LogP contribution in [-0.2, 0) is 11.3 Å². The van der Waals surface area contributed by atoms with E-state index in [1.807, 2.05) is 41.1 Å². The molecule has 0 radical (unpaired) electrons. The molecule has 0 unspecified atom stereocenters. The van der Waals surface area contributed by atoms with Crippen molar-refractivity contribution in [2.75, 3.05) is 46.9 Å². The molecule has 27 heavy (non-hydrogen) atoms. The fraction of sp³-hybridized carbons (Fsp3) is 0.400. The first-order chi connectivity index (χ1) is 13.1. The van der Waals surface area contributed by atoms with Gasteiger partial charge in [0.1, 0.15) is 5.75 Å². The molecule has 144 valence electrons. The first-order valence-corrected chi connectivity index (χ1v) is 8.99. The molecule has 0 N–H and O–H groups in total. The van der Waals surface area contributed by atoms with Crippen LogP contribution in [0.4, 0.5) is 0 Å². The number of hydrogen-bond donors (Lipinski definition) is 0. The second kappa shape index (κ2) is 8.73. The Balaban J connectivity index is 1.45. The van der Waals surface area contributed by atoms with E-state index in [0.29, 0.717) is 45.0 Å². The van der Waals surface area contributed by atoms with Crippen molar-refractivity contribution in [1.29, 1.82) is 0 Å². The summed E-state index contributed by atoms with van der Waals surface area (Å²) in [4.78, 5) is 30.4. The second-order valence-electron chi connectivity index (χ2n) is 6.67. The first kappa shape index (κ1) is 19.0. The number of methoxy groups -OCH3 is 1. The maximum atomic E-state index is 12.5. The highest BCUT2D eigenvalue weighted by Crippen LogP contribution is 2.13. The summed E-state index contributed by atoms with van der Waals surface area (Å²) in [5, 5.41) is 0. The molecule has 0 aliphatic carbocycles. The van der Waals surface area contributed by atoms with Gasteiger partial charge in [-0.05, 0) is 36.9 Å². The molecule has 1 aromatic carbocycles. The molecule has 1 fully saturated rings. The summed E-state index contributed by atoms with van der Waals surface area (Å²) in [5.74, 6) is 1.12. The third kappa shape index (κ3) is 4.89. The van der Waals surface area contributed by atoms with E-state index in [2.05, 4.69) is 0 Å². The van der Waals surface area contributed by atoms with Gasteiger partial charge in [0.2, 0.25) is 5.91 Å². The average molecular weight is 371 g/mol. The van der Waals surface area contributed by atoms with Crippen molar-refractivity contribution in [3.63, 3.8) is 0 Å². The smallest absolute Gasteiger partial charge is 0.289 e. The highest BCUT2D eigenvalue weighted by Gasteiger charge is 2.26. The second-order valence-corrected chi connectivity index (χ2v) is 6.67. The van der Waals surface area contributed by atoms with Crippen molar-refractivity contribution in [2.24, 2.45) is 0 Å². The van der Waals surface area contributed by atoms with E-state index in [-0.39, 0.29) is 11.8 Å². The minimum atomic E-state index is -0.122. The Labute approximate surface area is 159 Å². The van der Waals surface area contributed by atoms with Gasteiger partial charge in [-0.2, -0.15) is 0 Å². The van der Waals surface area contributed by atoms with Crippen molar-refractivity contribution >= 4 is 11.8 Å². The maximum absolute atomic E-state index is 12.5. The van der Waals surface area contributed by atoms with Crippen LogP contribution in [0.25, 0.3) is 0 Å². The van der Waals surface area contributed by atoms with E-state index in [1.54, 1.807) is 24.1 Å². The molecule has 2 heterocycles. The molecule has 1 aliphatic rings. The first-order valence-electron chi connectivity index (χ1n) is 8.99. The Morgan fingerprint density at radius 2 is 1.74 bits per heavy atom. The Kier molecular flexibility index (Phi) is 6.13. The summed E-state index contributed by atoms with van der Waals surface area (Å²) in [6, 6.07) is 11.2. The third-order valence-corrected chi connectivity index (χ3v) is 4.67. The molecule has 2 amide bonds. The van der Waals surface area contributed by atoms with E-state index >= 15 is 0 Å². The third-order valence-electron chi connectivity index (χ3n) is 4.67. The van der Waals surface area contributed by atoms with E-state index in [9.17, 15) is 9.59 Å². The summed E-state index contributed by atoms with van der Waals surface area (Å²) in [7, 11) is 3.57. The van der Waals surface area contributed by atoms with Crippen molar-refractivity contribution in [2.45, 2.75) is 6.54 Å². The van der Waals surface area contributed by atoms with Gasteiger partial charge in [-0.1, -0.05) is 12.1 Å². The molecule has 2 aromatic rings. The number of benzene rings is 1. The minimum Gasteiger partial charge on any atom is -0.497 e. The predicted molar refractivity (Wildman–Crippen MR) is 101 cm³/mol. The van der Waals surface area contributed by atoms with Crippen LogP contribution in [0.1, 0.15) is 16.1 Å². The SMILES string of the molecule is COc1ccc(CN(C)CC(=O)N2CCN(C(=O)c3ccco3)CC2)cc1. The molecule has 1 aliphatic heterocycles. The van der Waals surface area contributed by atoms with Crippen LogP contribution >= 0.6 is 0 Å². The lowest BCUT2D eigenvalue weighted by Gasteiger charge is -2.35. The summed E-state index contributed by atoms with van der Waals surface area (Å²) in [5.41, 5.74) is 1.12. The lowest BCUT2D eigenvalue weighted by atomic mass is 10.2. The molecule has 3 rings (SSSR count). The number of ether oxygens (including phenoxy) is 1. The van der Waals surface area contributed by atoms with Crippen molar-refractivity contribution in [1.82, 2.24) is 14.7 Å². The highest BCUT2D eigenvalue weighted by molar-refractivity contribution is 5.91. The maximum Gasteiger partial charge on any atom is 0.289 e. The zero-order chi connectivity index (χ0) is 19.2. The molecule has 0 atom stereocenters. The highest BCUT2D eigenvalue weighted by atomic mass is 16.5. The quantitative estimate of drug-likeness (QED) is 0.773. The number of furan rings is 1. The van der Waals surface area contributed by atoms with Crippen molar-refractivity contribution < 1.29 is 18.7 Å². The normalized spacial score (nSPS) is 14.5. The standard InChI is InChI=1S/C20H25N3O4/c1-21(14-16-5-7-17(26-2)8-6-16)15-19(24)22-9-11-23(12-10-22)20(25)18-4-3-13-27-18/h3-8,13H,9-12,14-15H2,1-2H3. The van der Waals surface area contributed by atoms with Gasteiger partial charge < -0.3 is 19.0 Å². The molecule has 7 heteroatoms. The number of rotatable bonds is 6. The summed E-state index contributed by atoms with van der Waals surface area (Å²) in [6.45, 7) is 3.16. The number of carbonyl (C=O) groups is 2. The minimum absolute atomic E-state index is 0.0797. The van der Waals surface area contributed by atoms with Crippen LogP contribution in [0.5, 0.6) is 5.75 Å². The Bertz CT molecular complexity index is 750. The number of carbonyl (C=O) groups excluding carboxylic acids is 2. The van der Waals surface area contributed by atoms with Crippen LogP contribution in [0.3, 0.4) is 0 Å². The van der Waals surface area contributed by atoms with Gasteiger partial charge in [-0.25, -0.2) is 0 Å².